The van der Waals surface area contributed by atoms with E-state index in [0.717, 1.165) is 48.2 Å². The van der Waals surface area contributed by atoms with Crippen LogP contribution in [0.2, 0.25) is 0 Å². The number of nitrogens with zero attached hydrogens (tertiary/aromatic N) is 3. The lowest BCUT2D eigenvalue weighted by Gasteiger charge is -2.29. The molecule has 6 nitrogen and oxygen atoms in total. The molecular weight excluding hydrogens is 340 g/mol. The van der Waals surface area contributed by atoms with Gasteiger partial charge in [0.05, 0.1) is 25.0 Å². The third-order valence-electron chi connectivity index (χ3n) is 5.38. The molecule has 142 valence electrons. The van der Waals surface area contributed by atoms with Crippen molar-refractivity contribution < 1.29 is 9.21 Å². The SMILES string of the molecule is Cc1cccn2c(CNC(=O)c3ccc(CN4CCC(C)CC4)o3)cnc12. The summed E-state index contributed by atoms with van der Waals surface area (Å²) in [5.74, 6) is 1.82. The number of amides is 1. The van der Waals surface area contributed by atoms with Crippen LogP contribution in [0.5, 0.6) is 0 Å². The smallest absolute Gasteiger partial charge is 0.287 e. The fourth-order valence-electron chi connectivity index (χ4n) is 3.62. The number of nitrogens with one attached hydrogen (secondary N) is 1. The fourth-order valence-corrected chi connectivity index (χ4v) is 3.62. The molecule has 0 spiro atoms. The van der Waals surface area contributed by atoms with Gasteiger partial charge in [0.25, 0.3) is 5.91 Å². The summed E-state index contributed by atoms with van der Waals surface area (Å²) in [7, 11) is 0. The molecule has 0 atom stereocenters. The van der Waals surface area contributed by atoms with Crippen molar-refractivity contribution in [3.05, 3.63) is 59.4 Å². The largest absolute Gasteiger partial charge is 0.455 e. The van der Waals surface area contributed by atoms with Crippen molar-refractivity contribution in [3.63, 3.8) is 0 Å². The van der Waals surface area contributed by atoms with Crippen molar-refractivity contribution in [3.8, 4) is 0 Å². The van der Waals surface area contributed by atoms with Crippen LogP contribution >= 0.6 is 0 Å². The molecule has 4 rings (SSSR count). The Bertz CT molecular complexity index is 935. The third kappa shape index (κ3) is 3.90. The number of likely N-dealkylation sites (tertiary alicyclic amines) is 1. The van der Waals surface area contributed by atoms with E-state index in [1.165, 1.54) is 12.8 Å². The fraction of sp³-hybridized carbons (Fsp3) is 0.429. The van der Waals surface area contributed by atoms with E-state index in [1.54, 1.807) is 12.3 Å². The van der Waals surface area contributed by atoms with Crippen LogP contribution in [0.3, 0.4) is 0 Å². The number of hydrogen-bond acceptors (Lipinski definition) is 4. The van der Waals surface area contributed by atoms with Gasteiger partial charge in [-0.1, -0.05) is 13.0 Å². The first-order valence-corrected chi connectivity index (χ1v) is 9.61. The lowest BCUT2D eigenvalue weighted by Crippen LogP contribution is -2.32. The number of rotatable bonds is 5. The molecule has 0 aromatic carbocycles. The minimum atomic E-state index is -0.198. The zero-order valence-corrected chi connectivity index (χ0v) is 15.9. The number of imidazole rings is 1. The quantitative estimate of drug-likeness (QED) is 0.752. The highest BCUT2D eigenvalue weighted by Crippen LogP contribution is 2.19. The van der Waals surface area contributed by atoms with E-state index in [2.05, 4.69) is 22.1 Å². The lowest BCUT2D eigenvalue weighted by molar-refractivity contribution is 0.0917. The van der Waals surface area contributed by atoms with E-state index in [9.17, 15) is 4.79 Å². The summed E-state index contributed by atoms with van der Waals surface area (Å²) in [5, 5.41) is 2.93. The second kappa shape index (κ2) is 7.56. The molecule has 1 aliphatic heterocycles. The molecule has 4 heterocycles. The van der Waals surface area contributed by atoms with Crippen molar-refractivity contribution in [1.29, 1.82) is 0 Å². The highest BCUT2D eigenvalue weighted by molar-refractivity contribution is 5.91. The first-order valence-electron chi connectivity index (χ1n) is 9.61. The second-order valence-corrected chi connectivity index (χ2v) is 7.54. The van der Waals surface area contributed by atoms with Gasteiger partial charge in [0.1, 0.15) is 11.4 Å². The predicted molar refractivity (Wildman–Crippen MR) is 103 cm³/mol. The molecule has 6 heteroatoms. The van der Waals surface area contributed by atoms with E-state index in [4.69, 9.17) is 4.42 Å². The zero-order valence-electron chi connectivity index (χ0n) is 15.9. The van der Waals surface area contributed by atoms with E-state index in [-0.39, 0.29) is 5.91 Å². The summed E-state index contributed by atoms with van der Waals surface area (Å²) < 4.78 is 7.78. The first kappa shape index (κ1) is 17.8. The van der Waals surface area contributed by atoms with Gasteiger partial charge in [-0.05, 0) is 62.5 Å². The molecule has 0 aliphatic carbocycles. The van der Waals surface area contributed by atoms with Crippen LogP contribution in [0.4, 0.5) is 0 Å². The lowest BCUT2D eigenvalue weighted by atomic mass is 9.99. The van der Waals surface area contributed by atoms with Gasteiger partial charge in [-0.15, -0.1) is 0 Å². The number of aryl methyl sites for hydroxylation is 1. The Morgan fingerprint density at radius 2 is 2.11 bits per heavy atom. The van der Waals surface area contributed by atoms with Gasteiger partial charge < -0.3 is 14.1 Å². The molecule has 0 unspecified atom stereocenters. The van der Waals surface area contributed by atoms with Gasteiger partial charge in [0, 0.05) is 6.20 Å². The molecule has 0 saturated carbocycles. The van der Waals surface area contributed by atoms with Crippen LogP contribution in [0.1, 0.15) is 47.3 Å². The molecule has 1 saturated heterocycles. The molecule has 1 N–H and O–H groups in total. The topological polar surface area (TPSA) is 62.8 Å². The van der Waals surface area contributed by atoms with Gasteiger partial charge in [0.15, 0.2) is 5.76 Å². The van der Waals surface area contributed by atoms with E-state index < -0.39 is 0 Å². The second-order valence-electron chi connectivity index (χ2n) is 7.54. The molecule has 1 aliphatic rings. The Labute approximate surface area is 159 Å². The summed E-state index contributed by atoms with van der Waals surface area (Å²) in [6, 6.07) is 7.67. The minimum Gasteiger partial charge on any atom is -0.455 e. The van der Waals surface area contributed by atoms with Crippen LogP contribution in [0.15, 0.2) is 41.1 Å². The van der Waals surface area contributed by atoms with E-state index >= 15 is 0 Å². The highest BCUT2D eigenvalue weighted by Gasteiger charge is 2.18. The standard InChI is InChI=1S/C21H26N4O2/c1-15-7-10-24(11-8-15)14-18-5-6-19(27-18)21(26)23-13-17-12-22-20-16(2)4-3-9-25(17)20/h3-6,9,12,15H,7-8,10-11,13-14H2,1-2H3,(H,23,26). The van der Waals surface area contributed by atoms with Crippen LogP contribution < -0.4 is 5.32 Å². The number of furan rings is 1. The van der Waals surface area contributed by atoms with Crippen molar-refractivity contribution in [2.24, 2.45) is 5.92 Å². The van der Waals surface area contributed by atoms with Crippen molar-refractivity contribution >= 4 is 11.6 Å². The number of hydrogen-bond donors (Lipinski definition) is 1. The monoisotopic (exact) mass is 366 g/mol. The van der Waals surface area contributed by atoms with Gasteiger partial charge >= 0.3 is 0 Å². The summed E-state index contributed by atoms with van der Waals surface area (Å²) in [6.07, 6.45) is 6.22. The maximum atomic E-state index is 12.4. The highest BCUT2D eigenvalue weighted by atomic mass is 16.4. The van der Waals surface area contributed by atoms with Crippen LogP contribution in [-0.4, -0.2) is 33.3 Å². The molecular formula is C21H26N4O2. The average Bonchev–Trinajstić information content (AvgIpc) is 3.30. The van der Waals surface area contributed by atoms with Crippen molar-refractivity contribution in [1.82, 2.24) is 19.6 Å². The molecule has 27 heavy (non-hydrogen) atoms. The number of carbonyl (C=O) groups is 1. The summed E-state index contributed by atoms with van der Waals surface area (Å²) >= 11 is 0. The van der Waals surface area contributed by atoms with Gasteiger partial charge in [0.2, 0.25) is 0 Å². The number of piperidine rings is 1. The molecule has 3 aromatic heterocycles. The molecule has 3 aromatic rings. The van der Waals surface area contributed by atoms with Crippen molar-refractivity contribution in [2.45, 2.75) is 39.8 Å². The van der Waals surface area contributed by atoms with Crippen LogP contribution in [0, 0.1) is 12.8 Å². The maximum absolute atomic E-state index is 12.4. The Kier molecular flexibility index (Phi) is 4.99. The summed E-state index contributed by atoms with van der Waals surface area (Å²) in [5.41, 5.74) is 2.96. The Morgan fingerprint density at radius 3 is 2.93 bits per heavy atom. The molecule has 0 bridgehead atoms. The molecule has 1 amide bonds. The van der Waals surface area contributed by atoms with E-state index in [0.29, 0.717) is 12.3 Å². The maximum Gasteiger partial charge on any atom is 0.287 e. The van der Waals surface area contributed by atoms with Gasteiger partial charge in [-0.25, -0.2) is 4.98 Å². The Balaban J connectivity index is 1.36. The van der Waals surface area contributed by atoms with Crippen molar-refractivity contribution in [2.75, 3.05) is 13.1 Å². The zero-order chi connectivity index (χ0) is 18.8. The average molecular weight is 366 g/mol. The van der Waals surface area contributed by atoms with Crippen LogP contribution in [-0.2, 0) is 13.1 Å². The van der Waals surface area contributed by atoms with Gasteiger partial charge in [-0.2, -0.15) is 0 Å². The minimum absolute atomic E-state index is 0.198. The number of fused-ring (bicyclic) bond motifs is 1. The summed E-state index contributed by atoms with van der Waals surface area (Å²) in [6.45, 7) is 7.69. The molecule has 0 radical (unpaired) electrons. The number of carbonyl (C=O) groups excluding carboxylic acids is 1. The van der Waals surface area contributed by atoms with Crippen LogP contribution in [0.25, 0.3) is 5.65 Å². The predicted octanol–water partition coefficient (Wildman–Crippen LogP) is 3.40. The Hall–Kier alpha value is -2.60. The normalized spacial score (nSPS) is 16.1. The first-order chi connectivity index (χ1) is 13.1. The van der Waals surface area contributed by atoms with Gasteiger partial charge in [-0.3, -0.25) is 9.69 Å². The third-order valence-corrected chi connectivity index (χ3v) is 5.38. The summed E-state index contributed by atoms with van der Waals surface area (Å²) in [4.78, 5) is 19.3. The number of pyridine rings is 1. The molecule has 1 fully saturated rings. The van der Waals surface area contributed by atoms with E-state index in [1.807, 2.05) is 35.7 Å². The Morgan fingerprint density at radius 1 is 1.30 bits per heavy atom. The number of aromatic nitrogens is 2.